The van der Waals surface area contributed by atoms with E-state index < -0.39 is 9.84 Å². The number of hydrogen-bond donors (Lipinski definition) is 2. The van der Waals surface area contributed by atoms with Gasteiger partial charge < -0.3 is 10.6 Å². The molecule has 0 saturated heterocycles. The third-order valence-electron chi connectivity index (χ3n) is 8.30. The van der Waals surface area contributed by atoms with Gasteiger partial charge in [0.2, 0.25) is 9.84 Å². The maximum atomic E-state index is 14.2. The molecule has 0 bridgehead atoms. The fraction of sp³-hybridized carbons (Fsp3) is 0.158. The van der Waals surface area contributed by atoms with Gasteiger partial charge in [0.15, 0.2) is 0 Å². The van der Waals surface area contributed by atoms with Crippen LogP contribution in [0.5, 0.6) is 0 Å². The topological polar surface area (TPSA) is 58.2 Å². The van der Waals surface area contributed by atoms with Gasteiger partial charge >= 0.3 is 0 Å². The number of fused-ring (bicyclic) bond motifs is 2. The third-order valence-corrected chi connectivity index (χ3v) is 10.3. The van der Waals surface area contributed by atoms with Gasteiger partial charge in [-0.15, -0.1) is 0 Å². The molecule has 4 nitrogen and oxygen atoms in total. The van der Waals surface area contributed by atoms with Crippen molar-refractivity contribution in [3.8, 4) is 0 Å². The van der Waals surface area contributed by atoms with Gasteiger partial charge in [0, 0.05) is 25.2 Å². The maximum Gasteiger partial charge on any atom is 0.207 e. The second kappa shape index (κ2) is 12.5. The van der Waals surface area contributed by atoms with E-state index in [0.29, 0.717) is 22.9 Å². The highest BCUT2D eigenvalue weighted by molar-refractivity contribution is 7.91. The van der Waals surface area contributed by atoms with Crippen LogP contribution >= 0.6 is 0 Å². The fourth-order valence-corrected chi connectivity index (χ4v) is 7.67. The molecule has 0 heterocycles. The summed E-state index contributed by atoms with van der Waals surface area (Å²) in [5, 5.41) is 11.9. The molecule has 6 rings (SSSR count). The average Bonchev–Trinajstić information content (AvgIpc) is 3.05. The van der Waals surface area contributed by atoms with Gasteiger partial charge in [0.25, 0.3) is 0 Å². The van der Waals surface area contributed by atoms with Crippen LogP contribution < -0.4 is 10.6 Å². The smallest absolute Gasteiger partial charge is 0.207 e. The Hall–Kier alpha value is -4.29. The minimum Gasteiger partial charge on any atom is -0.306 e. The lowest BCUT2D eigenvalue weighted by molar-refractivity contribution is 0.562. The fourth-order valence-electron chi connectivity index (χ4n) is 5.94. The second-order valence-corrected chi connectivity index (χ2v) is 12.9. The highest BCUT2D eigenvalue weighted by Crippen LogP contribution is 2.30. The molecule has 6 aromatic rings. The third kappa shape index (κ3) is 5.98. The Labute approximate surface area is 254 Å². The summed E-state index contributed by atoms with van der Waals surface area (Å²) in [6.45, 7) is 5.10. The van der Waals surface area contributed by atoms with Gasteiger partial charge in [-0.05, 0) is 69.8 Å². The lowest BCUT2D eigenvalue weighted by Crippen LogP contribution is -2.21. The van der Waals surface area contributed by atoms with Crippen LogP contribution in [0.25, 0.3) is 21.5 Å². The van der Waals surface area contributed by atoms with Crippen molar-refractivity contribution in [3.63, 3.8) is 0 Å². The van der Waals surface area contributed by atoms with Crippen LogP contribution in [0, 0.1) is 0 Å². The molecule has 0 radical (unpaired) electrons. The molecule has 0 amide bonds. The molecule has 0 aliphatic heterocycles. The first-order valence-electron chi connectivity index (χ1n) is 14.8. The van der Waals surface area contributed by atoms with Crippen LogP contribution in [-0.2, 0) is 22.9 Å². The van der Waals surface area contributed by atoms with E-state index in [-0.39, 0.29) is 12.1 Å². The van der Waals surface area contributed by atoms with Crippen LogP contribution in [0.3, 0.4) is 0 Å². The molecule has 0 spiro atoms. The molecular weight excluding hydrogens is 548 g/mol. The molecule has 0 aliphatic rings. The first-order valence-corrected chi connectivity index (χ1v) is 16.2. The molecule has 0 unspecified atom stereocenters. The minimum atomic E-state index is -3.77. The zero-order valence-electron chi connectivity index (χ0n) is 24.5. The quantitative estimate of drug-likeness (QED) is 0.169. The Morgan fingerprint density at radius 2 is 0.860 bits per heavy atom. The van der Waals surface area contributed by atoms with Crippen molar-refractivity contribution in [2.24, 2.45) is 0 Å². The van der Waals surface area contributed by atoms with E-state index in [4.69, 9.17) is 0 Å². The van der Waals surface area contributed by atoms with Gasteiger partial charge in [-0.25, -0.2) is 8.42 Å². The maximum absolute atomic E-state index is 14.2. The van der Waals surface area contributed by atoms with Gasteiger partial charge in [-0.1, -0.05) is 121 Å². The highest BCUT2D eigenvalue weighted by Gasteiger charge is 2.24. The monoisotopic (exact) mass is 584 g/mol. The number of sulfone groups is 1. The zero-order valence-corrected chi connectivity index (χ0v) is 25.3. The highest BCUT2D eigenvalue weighted by atomic mass is 32.2. The molecule has 2 atom stereocenters. The summed E-state index contributed by atoms with van der Waals surface area (Å²) in [6.07, 6.45) is 0. The molecule has 216 valence electrons. The minimum absolute atomic E-state index is 0.0360. The van der Waals surface area contributed by atoms with E-state index >= 15 is 0 Å². The number of nitrogens with one attached hydrogen (secondary N) is 2. The Morgan fingerprint density at radius 3 is 1.33 bits per heavy atom. The van der Waals surface area contributed by atoms with Gasteiger partial charge in [-0.2, -0.15) is 0 Å². The Balaban J connectivity index is 1.23. The van der Waals surface area contributed by atoms with Crippen molar-refractivity contribution in [3.05, 3.63) is 156 Å². The second-order valence-electron chi connectivity index (χ2n) is 11.1. The SMILES string of the molecule is C[C@@H](NCc1ccccc1S(=O)(=O)c1ccccc1CN[C@H](C)c1cccc2ccccc12)c1cccc2ccccc12. The van der Waals surface area contributed by atoms with Crippen LogP contribution in [0.15, 0.2) is 143 Å². The summed E-state index contributed by atoms with van der Waals surface area (Å²) < 4.78 is 28.4. The Kier molecular flexibility index (Phi) is 8.39. The van der Waals surface area contributed by atoms with E-state index in [2.05, 4.69) is 97.3 Å². The largest absolute Gasteiger partial charge is 0.306 e. The summed E-state index contributed by atoms with van der Waals surface area (Å²) in [5.74, 6) is 0. The van der Waals surface area contributed by atoms with E-state index in [1.165, 1.54) is 32.7 Å². The van der Waals surface area contributed by atoms with E-state index in [9.17, 15) is 8.42 Å². The first kappa shape index (κ1) is 28.8. The summed E-state index contributed by atoms with van der Waals surface area (Å²) in [4.78, 5) is 0.671. The molecule has 0 saturated carbocycles. The molecule has 0 aliphatic carbocycles. The normalized spacial score (nSPS) is 13.3. The van der Waals surface area contributed by atoms with Crippen molar-refractivity contribution >= 4 is 31.4 Å². The Morgan fingerprint density at radius 1 is 0.488 bits per heavy atom. The van der Waals surface area contributed by atoms with Crippen molar-refractivity contribution < 1.29 is 8.42 Å². The molecule has 2 N–H and O–H groups in total. The predicted octanol–water partition coefficient (Wildman–Crippen LogP) is 8.53. The summed E-state index contributed by atoms with van der Waals surface area (Å²) in [5.41, 5.74) is 3.88. The molecule has 43 heavy (non-hydrogen) atoms. The standard InChI is InChI=1S/C38H36N2O2S/c1-27(33-21-11-17-29-13-3-7-19-35(29)33)39-25-31-15-5-9-23-37(31)43(41,42)38-24-10-6-16-32(38)26-40-28(2)34-22-12-18-30-14-4-8-20-36(30)34/h3-24,27-28,39-40H,25-26H2,1-2H3/t27-,28-/m1/s1. The van der Waals surface area contributed by atoms with E-state index in [1.807, 2.05) is 36.4 Å². The molecule has 6 aromatic carbocycles. The molecular formula is C38H36N2O2S. The average molecular weight is 585 g/mol. The van der Waals surface area contributed by atoms with Crippen molar-refractivity contribution in [2.75, 3.05) is 0 Å². The van der Waals surface area contributed by atoms with E-state index in [1.54, 1.807) is 24.3 Å². The molecule has 0 aromatic heterocycles. The number of benzene rings is 6. The predicted molar refractivity (Wildman–Crippen MR) is 177 cm³/mol. The van der Waals surface area contributed by atoms with Crippen LogP contribution in [-0.4, -0.2) is 8.42 Å². The van der Waals surface area contributed by atoms with Crippen molar-refractivity contribution in [1.29, 1.82) is 0 Å². The Bertz CT molecular complexity index is 1850. The van der Waals surface area contributed by atoms with Gasteiger partial charge in [-0.3, -0.25) is 0 Å². The van der Waals surface area contributed by atoms with Crippen molar-refractivity contribution in [2.45, 2.75) is 48.8 Å². The zero-order chi connectivity index (χ0) is 29.8. The summed E-state index contributed by atoms with van der Waals surface area (Å²) in [7, 11) is -3.77. The number of hydrogen-bond acceptors (Lipinski definition) is 4. The van der Waals surface area contributed by atoms with Crippen LogP contribution in [0.4, 0.5) is 0 Å². The van der Waals surface area contributed by atoms with Crippen LogP contribution in [0.2, 0.25) is 0 Å². The summed E-state index contributed by atoms with van der Waals surface area (Å²) in [6, 6.07) is 44.0. The molecule has 0 fully saturated rings. The van der Waals surface area contributed by atoms with Crippen LogP contribution in [0.1, 0.15) is 48.2 Å². The molecule has 5 heteroatoms. The number of rotatable bonds is 10. The first-order chi connectivity index (χ1) is 20.9. The van der Waals surface area contributed by atoms with Crippen molar-refractivity contribution in [1.82, 2.24) is 10.6 Å². The van der Waals surface area contributed by atoms with Gasteiger partial charge in [0.1, 0.15) is 0 Å². The lowest BCUT2D eigenvalue weighted by Gasteiger charge is -2.20. The van der Waals surface area contributed by atoms with E-state index in [0.717, 1.165) is 11.1 Å². The summed E-state index contributed by atoms with van der Waals surface area (Å²) >= 11 is 0. The lowest BCUT2D eigenvalue weighted by atomic mass is 9.99. The van der Waals surface area contributed by atoms with Gasteiger partial charge in [0.05, 0.1) is 9.79 Å².